The normalized spacial score (nSPS) is 11.0. The summed E-state index contributed by atoms with van der Waals surface area (Å²) in [5.41, 5.74) is -0.651. The summed E-state index contributed by atoms with van der Waals surface area (Å²) in [5.74, 6) is -6.11. The Morgan fingerprint density at radius 3 is 1.23 bits per heavy atom. The monoisotopic (exact) mass is 608 g/mol. The van der Waals surface area contributed by atoms with E-state index in [-0.39, 0.29) is 58.3 Å². The van der Waals surface area contributed by atoms with E-state index in [2.05, 4.69) is 13.8 Å². The molecule has 35 heavy (non-hydrogen) atoms. The van der Waals surface area contributed by atoms with Crippen molar-refractivity contribution in [3.8, 4) is 0 Å². The molecule has 0 atom stereocenters. The molecule has 0 bridgehead atoms. The minimum Gasteiger partial charge on any atom is -0.545 e. The first kappa shape index (κ1) is 37.6. The van der Waals surface area contributed by atoms with Crippen molar-refractivity contribution in [3.63, 3.8) is 0 Å². The van der Waals surface area contributed by atoms with Crippen LogP contribution in [0.3, 0.4) is 0 Å². The van der Waals surface area contributed by atoms with Crippen LogP contribution in [0, 0.1) is 0 Å². The van der Waals surface area contributed by atoms with Crippen molar-refractivity contribution >= 4 is 45.0 Å². The third-order valence-electron chi connectivity index (χ3n) is 4.26. The number of rotatable bonds is 18. The summed E-state index contributed by atoms with van der Waals surface area (Å²) in [6, 6.07) is 0. The molecule has 0 aromatic rings. The van der Waals surface area contributed by atoms with Gasteiger partial charge in [0, 0.05) is 13.2 Å². The van der Waals surface area contributed by atoms with Gasteiger partial charge >= 0.3 is 69.5 Å². The van der Waals surface area contributed by atoms with Crippen LogP contribution in [-0.2, 0) is 28.7 Å². The van der Waals surface area contributed by atoms with Gasteiger partial charge in [-0.1, -0.05) is 0 Å². The molecule has 0 aliphatic carbocycles. The second kappa shape index (κ2) is 28.3. The van der Waals surface area contributed by atoms with E-state index in [1.54, 1.807) is 22.7 Å². The maximum absolute atomic E-state index is 10.3. The Morgan fingerprint density at radius 1 is 0.657 bits per heavy atom. The summed E-state index contributed by atoms with van der Waals surface area (Å²) in [7, 11) is 0. The van der Waals surface area contributed by atoms with Crippen LogP contribution in [0.25, 0.3) is 0 Å². The molecule has 0 amide bonds. The Morgan fingerprint density at radius 2 is 1.00 bits per heavy atom. The molecule has 0 unspecified atom stereocenters. The standard InChI is InChI=1S/2C8H12O5.2C4H9.Sn.2H/c2*1-2-13-4-3-6(8(11)12)5-7(9)10;2*1-3-4-2;;;/h2*5H,2-4H2,1H3,(H,9,10)(H,11,12);2*1,3-4H2,2H3;;;/q;;;;+4;;/p-4/b2*6-5-;;;;;. The third kappa shape index (κ3) is 32.1. The number of hydrogen-bond acceptors (Lipinski definition) is 10. The van der Waals surface area contributed by atoms with Gasteiger partial charge in [0.1, 0.15) is 0 Å². The van der Waals surface area contributed by atoms with E-state index in [0.29, 0.717) is 25.4 Å². The first-order valence-electron chi connectivity index (χ1n) is 12.0. The second-order valence-corrected chi connectivity index (χ2v) is 13.3. The topological polar surface area (TPSA) is 179 Å². The quantitative estimate of drug-likeness (QED) is 0.0988. The number of carbonyl (C=O) groups is 4. The van der Waals surface area contributed by atoms with Gasteiger partial charge in [0.05, 0.1) is 37.1 Å². The molecule has 0 aromatic carbocycles. The van der Waals surface area contributed by atoms with Gasteiger partial charge < -0.3 is 49.1 Å². The predicted molar refractivity (Wildman–Crippen MR) is 126 cm³/mol. The Hall–Kier alpha value is -1.92. The summed E-state index contributed by atoms with van der Waals surface area (Å²) < 4.78 is 13.0. The van der Waals surface area contributed by atoms with Crippen LogP contribution in [0.2, 0.25) is 8.87 Å². The van der Waals surface area contributed by atoms with Crippen molar-refractivity contribution in [1.82, 2.24) is 0 Å². The molecule has 10 nitrogen and oxygen atoms in total. The number of carbonyl (C=O) groups excluding carboxylic acids is 4. The van der Waals surface area contributed by atoms with E-state index in [9.17, 15) is 39.6 Å². The molecule has 0 rings (SSSR count). The van der Waals surface area contributed by atoms with Crippen molar-refractivity contribution in [2.24, 2.45) is 0 Å². The van der Waals surface area contributed by atoms with Crippen molar-refractivity contribution < 1.29 is 49.1 Å². The molecule has 0 N–H and O–H groups in total. The fraction of sp³-hybridized carbons (Fsp3) is 0.667. The largest absolute Gasteiger partial charge is 0.545 e. The van der Waals surface area contributed by atoms with Crippen LogP contribution in [0.5, 0.6) is 0 Å². The number of carboxylic acids is 4. The van der Waals surface area contributed by atoms with Crippen LogP contribution in [0.15, 0.2) is 23.3 Å². The fourth-order valence-corrected chi connectivity index (χ4v) is 8.32. The van der Waals surface area contributed by atoms with Crippen molar-refractivity contribution in [2.75, 3.05) is 26.4 Å². The predicted octanol–water partition coefficient (Wildman–Crippen LogP) is -1.73. The summed E-state index contributed by atoms with van der Waals surface area (Å²) in [4.78, 5) is 40.7. The maximum atomic E-state index is 10.3. The van der Waals surface area contributed by atoms with Gasteiger partial charge in [-0.2, -0.15) is 0 Å². The number of aliphatic carboxylic acids is 4. The maximum Gasteiger partial charge on any atom is 0.0676 e. The zero-order valence-corrected chi connectivity index (χ0v) is 25.5. The molecule has 4 radical (unpaired) electrons. The number of hydrogen-bond donors (Lipinski definition) is 0. The SMILES string of the molecule is CCC[CH2][SnH2+4][CH2]CCC.CCOCC/C(=C/C(=O)[O-])C(=O)[O-].CCOCC/C(=C/C(=O)[O-])C(=O)[O-]. The summed E-state index contributed by atoms with van der Waals surface area (Å²) in [5, 5.41) is 40.7. The van der Waals surface area contributed by atoms with E-state index in [1.165, 1.54) is 25.7 Å². The molecule has 0 aliphatic rings. The molecular formula is C24H40O10Sn. The van der Waals surface area contributed by atoms with Gasteiger partial charge in [-0.3, -0.25) is 0 Å². The Balaban J connectivity index is -0.000000448. The summed E-state index contributed by atoms with van der Waals surface area (Å²) in [6.45, 7) is 9.31. The van der Waals surface area contributed by atoms with Gasteiger partial charge in [-0.15, -0.1) is 0 Å². The van der Waals surface area contributed by atoms with E-state index in [1.807, 2.05) is 0 Å². The van der Waals surface area contributed by atoms with Crippen LogP contribution in [0.1, 0.15) is 66.2 Å². The number of ether oxygens (including phenoxy) is 2. The molecule has 11 heteroatoms. The zero-order valence-electron chi connectivity index (χ0n) is 21.4. The Labute approximate surface area is 218 Å². The molecule has 0 saturated carbocycles. The number of carboxylic acid groups (broad SMARTS) is 4. The second-order valence-electron chi connectivity index (χ2n) is 7.21. The van der Waals surface area contributed by atoms with Gasteiger partial charge in [-0.25, -0.2) is 0 Å². The molecule has 0 spiro atoms. The van der Waals surface area contributed by atoms with Gasteiger partial charge in [0.15, 0.2) is 0 Å². The molecule has 0 fully saturated rings. The molecule has 0 saturated heterocycles. The van der Waals surface area contributed by atoms with E-state index < -0.39 is 23.9 Å². The zero-order chi connectivity index (χ0) is 27.5. The molecule has 0 heterocycles. The first-order valence-corrected chi connectivity index (χ1v) is 17.7. The minimum absolute atomic E-state index is 0.00412. The third-order valence-corrected chi connectivity index (χ3v) is 9.96. The summed E-state index contributed by atoms with van der Waals surface area (Å²) >= 11 is -0.159. The smallest absolute Gasteiger partial charge is 0.0676 e. The van der Waals surface area contributed by atoms with Crippen LogP contribution < -0.4 is 20.4 Å². The molecule has 0 aliphatic heterocycles. The average molecular weight is 607 g/mol. The number of unbranched alkanes of at least 4 members (excludes halogenated alkanes) is 2. The molecule has 200 valence electrons. The van der Waals surface area contributed by atoms with Crippen molar-refractivity contribution in [2.45, 2.75) is 75.1 Å². The average Bonchev–Trinajstić information content (AvgIpc) is 2.78. The van der Waals surface area contributed by atoms with Crippen LogP contribution >= 0.6 is 0 Å². The van der Waals surface area contributed by atoms with Crippen molar-refractivity contribution in [1.29, 1.82) is 0 Å². The van der Waals surface area contributed by atoms with E-state index in [0.717, 1.165) is 0 Å². The fourth-order valence-electron chi connectivity index (χ4n) is 2.43. The van der Waals surface area contributed by atoms with E-state index >= 15 is 0 Å². The van der Waals surface area contributed by atoms with Crippen LogP contribution in [0.4, 0.5) is 0 Å². The van der Waals surface area contributed by atoms with Gasteiger partial charge in [0.2, 0.25) is 0 Å². The van der Waals surface area contributed by atoms with Crippen LogP contribution in [-0.4, -0.2) is 71.4 Å². The minimum atomic E-state index is -1.55. The first-order chi connectivity index (χ1) is 16.6. The van der Waals surface area contributed by atoms with E-state index in [4.69, 9.17) is 9.47 Å². The Kier molecular flexibility index (Phi) is 30.4. The Bertz CT molecular complexity index is 590. The summed E-state index contributed by atoms with van der Waals surface area (Å²) in [6.07, 6.45) is 6.92. The molecule has 0 aromatic heterocycles. The van der Waals surface area contributed by atoms with Gasteiger partial charge in [0.25, 0.3) is 0 Å². The molecular weight excluding hydrogens is 567 g/mol. The van der Waals surface area contributed by atoms with Gasteiger partial charge in [-0.05, 0) is 50.0 Å². The van der Waals surface area contributed by atoms with Crippen molar-refractivity contribution in [3.05, 3.63) is 23.3 Å².